The van der Waals surface area contributed by atoms with Crippen LogP contribution < -0.4 is 4.74 Å². The molecule has 0 radical (unpaired) electrons. The molecular formula is C38H44F3NO7. The van der Waals surface area contributed by atoms with Crippen LogP contribution in [-0.4, -0.2) is 58.2 Å². The fourth-order valence-electron chi connectivity index (χ4n) is 10.9. The topological polar surface area (TPSA) is 109 Å². The van der Waals surface area contributed by atoms with E-state index in [9.17, 15) is 33.0 Å². The number of benzene rings is 1. The van der Waals surface area contributed by atoms with Crippen molar-refractivity contribution in [2.75, 3.05) is 13.2 Å². The molecular weight excluding hydrogens is 639 g/mol. The average molecular weight is 684 g/mol. The Bertz CT molecular complexity index is 1670. The molecule has 1 amide bonds. The number of hydrogen-bond donors (Lipinski definition) is 2. The van der Waals surface area contributed by atoms with E-state index in [0.29, 0.717) is 43.2 Å². The van der Waals surface area contributed by atoms with Crippen molar-refractivity contribution in [2.45, 2.75) is 90.3 Å². The highest BCUT2D eigenvalue weighted by atomic mass is 19.4. The Morgan fingerprint density at radius 1 is 1.00 bits per heavy atom. The van der Waals surface area contributed by atoms with E-state index in [-0.39, 0.29) is 54.2 Å². The summed E-state index contributed by atoms with van der Waals surface area (Å²) in [5, 5.41) is 23.6. The number of allylic oxidation sites excluding steroid dienone is 4. The Labute approximate surface area is 283 Å². The van der Waals surface area contributed by atoms with Gasteiger partial charge in [-0.25, -0.2) is 4.79 Å². The van der Waals surface area contributed by atoms with Gasteiger partial charge in [-0.1, -0.05) is 44.2 Å². The SMILES string of the molecule is CCOC(=O)N(Cc1ccc(OC(F)(F)F)cc1)C[C@]1(O)CC[C@H]2[C@]34C=C[C@@]5(C=C3C(=O)c3ccco3)CC(O)CC[C@]5(C)[C@H]4CC[C@@]21C. The quantitative estimate of drug-likeness (QED) is 0.218. The number of aliphatic hydroxyl groups is 2. The Balaban J connectivity index is 1.24. The molecule has 8 rings (SSSR count). The zero-order valence-corrected chi connectivity index (χ0v) is 28.1. The van der Waals surface area contributed by atoms with Gasteiger partial charge in [0.25, 0.3) is 0 Å². The lowest BCUT2D eigenvalue weighted by Crippen LogP contribution is -2.67. The van der Waals surface area contributed by atoms with Crippen LogP contribution in [0.5, 0.6) is 5.75 Å². The molecule has 0 aliphatic heterocycles. The number of rotatable bonds is 8. The molecule has 2 spiro atoms. The summed E-state index contributed by atoms with van der Waals surface area (Å²) in [6.07, 6.45) is 6.61. The number of furan rings is 1. The number of alkyl halides is 3. The highest BCUT2D eigenvalue weighted by Crippen LogP contribution is 2.78. The first-order chi connectivity index (χ1) is 23.1. The second kappa shape index (κ2) is 11.5. The smallest absolute Gasteiger partial charge is 0.461 e. The van der Waals surface area contributed by atoms with E-state index in [0.717, 1.165) is 12.8 Å². The van der Waals surface area contributed by atoms with Crippen LogP contribution in [0.15, 0.2) is 70.9 Å². The van der Waals surface area contributed by atoms with Gasteiger partial charge in [-0.2, -0.15) is 0 Å². The van der Waals surface area contributed by atoms with Gasteiger partial charge >= 0.3 is 12.5 Å². The van der Waals surface area contributed by atoms with E-state index in [1.165, 1.54) is 35.4 Å². The van der Waals surface area contributed by atoms with Crippen LogP contribution in [0.3, 0.4) is 0 Å². The number of Topliss-reactive ketones (excluding diaryl/α,β-unsaturated/α-hetero) is 1. The normalized spacial score (nSPS) is 37.5. The van der Waals surface area contributed by atoms with Gasteiger partial charge in [0, 0.05) is 28.4 Å². The minimum Gasteiger partial charge on any atom is -0.461 e. The van der Waals surface area contributed by atoms with Gasteiger partial charge in [-0.05, 0) is 98.9 Å². The molecule has 1 aromatic heterocycles. The van der Waals surface area contributed by atoms with E-state index >= 15 is 0 Å². The lowest BCUT2D eigenvalue weighted by Gasteiger charge is -2.71. The lowest BCUT2D eigenvalue weighted by molar-refractivity contribution is -0.274. The molecule has 6 aliphatic rings. The van der Waals surface area contributed by atoms with Crippen LogP contribution in [0.1, 0.15) is 81.8 Å². The Morgan fingerprint density at radius 3 is 2.37 bits per heavy atom. The molecule has 1 heterocycles. The fourth-order valence-corrected chi connectivity index (χ4v) is 10.9. The van der Waals surface area contributed by atoms with Crippen molar-refractivity contribution in [1.82, 2.24) is 4.90 Å². The number of hydrogen-bond acceptors (Lipinski definition) is 7. The third kappa shape index (κ3) is 5.08. The van der Waals surface area contributed by atoms with Gasteiger partial charge in [0.2, 0.25) is 5.78 Å². The maximum atomic E-state index is 14.4. The first-order valence-corrected chi connectivity index (χ1v) is 17.3. The van der Waals surface area contributed by atoms with Crippen LogP contribution in [0, 0.1) is 33.5 Å². The minimum atomic E-state index is -4.82. The monoisotopic (exact) mass is 683 g/mol. The number of fused-ring (bicyclic) bond motifs is 1. The molecule has 1 aromatic carbocycles. The summed E-state index contributed by atoms with van der Waals surface area (Å²) in [4.78, 5) is 29.2. The molecule has 1 unspecified atom stereocenters. The standard InChI is InChI=1S/C38H44F3NO7/c1-4-47-32(45)42(22-24-7-9-26(10-8-24)49-38(39,40)41)23-36(46)16-13-30-34(36,3)15-12-29-33(2)14-11-25(43)20-35(33)17-18-37(29,30)27(21-35)31(44)28-6-5-19-48-28/h5-10,17-19,21,25,29-30,43,46H,4,11-16,20,22-23H2,1-3H3/t25?,29-,30-,33-,34+,35+,36-,37-/m1/s1. The van der Waals surface area contributed by atoms with Gasteiger partial charge in [0.1, 0.15) is 5.75 Å². The van der Waals surface area contributed by atoms with Gasteiger partial charge in [0.05, 0.1) is 31.1 Å². The third-order valence-electron chi connectivity index (χ3n) is 13.2. The second-order valence-electron chi connectivity index (χ2n) is 15.4. The number of ketones is 1. The summed E-state index contributed by atoms with van der Waals surface area (Å²) in [5.41, 5.74) is -2.21. The molecule has 49 heavy (non-hydrogen) atoms. The maximum Gasteiger partial charge on any atom is 0.573 e. The van der Waals surface area contributed by atoms with Crippen LogP contribution >= 0.6 is 0 Å². The van der Waals surface area contributed by atoms with Crippen molar-refractivity contribution in [3.8, 4) is 5.75 Å². The number of nitrogens with zero attached hydrogens (tertiary/aromatic N) is 1. The summed E-state index contributed by atoms with van der Waals surface area (Å²) >= 11 is 0. The third-order valence-corrected chi connectivity index (χ3v) is 13.2. The number of ether oxygens (including phenoxy) is 2. The first-order valence-electron chi connectivity index (χ1n) is 17.3. The fraction of sp³-hybridized carbons (Fsp3) is 0.579. The molecule has 264 valence electrons. The average Bonchev–Trinajstić information content (AvgIpc) is 3.67. The minimum absolute atomic E-state index is 0.00685. The van der Waals surface area contributed by atoms with Crippen molar-refractivity contribution in [3.63, 3.8) is 0 Å². The summed E-state index contributed by atoms with van der Waals surface area (Å²) in [6.45, 7) is 6.14. The van der Waals surface area contributed by atoms with Crippen molar-refractivity contribution in [3.05, 3.63) is 77.8 Å². The second-order valence-corrected chi connectivity index (χ2v) is 15.4. The van der Waals surface area contributed by atoms with Gasteiger partial charge in [-0.15, -0.1) is 13.2 Å². The highest BCUT2D eigenvalue weighted by molar-refractivity contribution is 6.08. The Hall–Kier alpha value is -3.57. The van der Waals surface area contributed by atoms with Crippen LogP contribution in [0.25, 0.3) is 0 Å². The molecule has 2 bridgehead atoms. The molecule has 2 N–H and O–H groups in total. The Kier molecular flexibility index (Phi) is 7.95. The molecule has 8 nitrogen and oxygen atoms in total. The Morgan fingerprint density at radius 2 is 1.69 bits per heavy atom. The van der Waals surface area contributed by atoms with Gasteiger partial charge in [0.15, 0.2) is 5.76 Å². The maximum absolute atomic E-state index is 14.4. The van der Waals surface area contributed by atoms with E-state index < -0.39 is 40.4 Å². The zero-order chi connectivity index (χ0) is 35.0. The molecule has 6 aliphatic carbocycles. The molecule has 11 heteroatoms. The molecule has 3 saturated carbocycles. The first kappa shape index (κ1) is 33.9. The largest absolute Gasteiger partial charge is 0.573 e. The van der Waals surface area contributed by atoms with Crippen molar-refractivity contribution >= 4 is 11.9 Å². The van der Waals surface area contributed by atoms with Crippen molar-refractivity contribution in [1.29, 1.82) is 0 Å². The number of halogens is 3. The lowest BCUT2D eigenvalue weighted by atomic mass is 9.32. The number of aliphatic hydroxyl groups excluding tert-OH is 1. The zero-order valence-electron chi connectivity index (χ0n) is 28.1. The van der Waals surface area contributed by atoms with E-state index in [1.54, 1.807) is 19.1 Å². The van der Waals surface area contributed by atoms with Crippen LogP contribution in [-0.2, 0) is 11.3 Å². The highest BCUT2D eigenvalue weighted by Gasteiger charge is 2.74. The predicted octanol–water partition coefficient (Wildman–Crippen LogP) is 7.61. The molecule has 2 aromatic rings. The summed E-state index contributed by atoms with van der Waals surface area (Å²) in [6, 6.07) is 8.69. The van der Waals surface area contributed by atoms with E-state index in [4.69, 9.17) is 9.15 Å². The summed E-state index contributed by atoms with van der Waals surface area (Å²) in [7, 11) is 0. The van der Waals surface area contributed by atoms with Crippen molar-refractivity contribution < 1.29 is 46.9 Å². The summed E-state index contributed by atoms with van der Waals surface area (Å²) < 4.78 is 53.3. The number of amides is 1. The number of carbonyl (C=O) groups excluding carboxylic acids is 2. The van der Waals surface area contributed by atoms with E-state index in [1.807, 2.05) is 0 Å². The van der Waals surface area contributed by atoms with Crippen molar-refractivity contribution in [2.24, 2.45) is 33.5 Å². The summed E-state index contributed by atoms with van der Waals surface area (Å²) in [5.74, 6) is -0.335. The predicted molar refractivity (Wildman–Crippen MR) is 172 cm³/mol. The van der Waals surface area contributed by atoms with Gasteiger partial charge in [-0.3, -0.25) is 4.79 Å². The molecule has 0 saturated heterocycles. The van der Waals surface area contributed by atoms with Crippen LogP contribution in [0.2, 0.25) is 0 Å². The number of carbonyl (C=O) groups is 2. The van der Waals surface area contributed by atoms with Crippen LogP contribution in [0.4, 0.5) is 18.0 Å². The molecule has 8 atom stereocenters. The molecule has 3 fully saturated rings. The van der Waals surface area contributed by atoms with Gasteiger partial charge < -0.3 is 29.0 Å². The van der Waals surface area contributed by atoms with E-state index in [2.05, 4.69) is 36.8 Å².